The second-order valence-electron chi connectivity index (χ2n) is 8.66. The van der Waals surface area contributed by atoms with Crippen LogP contribution in [0.3, 0.4) is 0 Å². The van der Waals surface area contributed by atoms with Gasteiger partial charge in [-0.15, -0.1) is 5.10 Å². The van der Waals surface area contributed by atoms with E-state index in [0.29, 0.717) is 27.4 Å². The number of para-hydroxylation sites is 1. The van der Waals surface area contributed by atoms with Gasteiger partial charge in [-0.1, -0.05) is 102 Å². The summed E-state index contributed by atoms with van der Waals surface area (Å²) in [5, 5.41) is 6.66. The van der Waals surface area contributed by atoms with E-state index in [1.165, 1.54) is 15.9 Å². The minimum atomic E-state index is -0.325. The lowest BCUT2D eigenvalue weighted by Crippen LogP contribution is -2.32. The monoisotopic (exact) mass is 486 g/mol. The van der Waals surface area contributed by atoms with Crippen LogP contribution in [0.2, 0.25) is 0 Å². The maximum absolute atomic E-state index is 13.7. The number of carbonyl (C=O) groups is 1. The molecule has 0 saturated carbocycles. The number of amides is 1. The molecule has 0 radical (unpaired) electrons. The van der Waals surface area contributed by atoms with Crippen molar-refractivity contribution in [2.24, 2.45) is 0 Å². The van der Waals surface area contributed by atoms with Crippen LogP contribution in [0.15, 0.2) is 102 Å². The van der Waals surface area contributed by atoms with Crippen molar-refractivity contribution in [2.75, 3.05) is 4.90 Å². The summed E-state index contributed by atoms with van der Waals surface area (Å²) in [4.78, 5) is 34.1. The molecule has 7 heteroatoms. The molecule has 36 heavy (non-hydrogen) atoms. The normalized spacial score (nSPS) is 14.7. The molecule has 0 N–H and O–H groups in total. The minimum absolute atomic E-state index is 0.184. The summed E-state index contributed by atoms with van der Waals surface area (Å²) in [5.74, 6) is 0.312. The van der Waals surface area contributed by atoms with Crippen molar-refractivity contribution in [1.29, 1.82) is 0 Å². The van der Waals surface area contributed by atoms with E-state index in [9.17, 15) is 9.59 Å². The van der Waals surface area contributed by atoms with Crippen molar-refractivity contribution >= 4 is 44.2 Å². The lowest BCUT2D eigenvalue weighted by atomic mass is 10.0. The van der Waals surface area contributed by atoms with Gasteiger partial charge in [-0.05, 0) is 22.4 Å². The molecule has 0 spiro atoms. The molecule has 0 atom stereocenters. The second kappa shape index (κ2) is 7.96. The van der Waals surface area contributed by atoms with Crippen molar-refractivity contribution in [3.8, 4) is 11.4 Å². The van der Waals surface area contributed by atoms with Gasteiger partial charge in [0.25, 0.3) is 11.5 Å². The molecule has 6 aromatic rings. The van der Waals surface area contributed by atoms with Crippen LogP contribution in [-0.2, 0) is 11.3 Å². The quantitative estimate of drug-likeness (QED) is 0.371. The van der Waals surface area contributed by atoms with E-state index in [1.54, 1.807) is 4.90 Å². The van der Waals surface area contributed by atoms with Crippen LogP contribution in [0.1, 0.15) is 11.1 Å². The fourth-order valence-corrected chi connectivity index (χ4v) is 5.84. The van der Waals surface area contributed by atoms with Crippen molar-refractivity contribution in [2.45, 2.75) is 6.54 Å². The number of hydrogen-bond acceptors (Lipinski definition) is 5. The third kappa shape index (κ3) is 3.10. The van der Waals surface area contributed by atoms with E-state index in [-0.39, 0.29) is 11.5 Å². The number of aromatic nitrogens is 3. The standard InChI is InChI=1S/C29H18N4O2S/c34-27-24(22-14-6-7-16-23(22)32(27)17-18-9-2-1-3-10-18)25-28(35)33-29(36-25)30-26(31-33)21-15-8-12-19-11-4-5-13-20(19)21/h1-16H,17H2. The summed E-state index contributed by atoms with van der Waals surface area (Å²) in [7, 11) is 0. The number of nitrogens with zero attached hydrogens (tertiary/aromatic N) is 4. The van der Waals surface area contributed by atoms with Gasteiger partial charge in [0.2, 0.25) is 4.96 Å². The summed E-state index contributed by atoms with van der Waals surface area (Å²) >= 11 is 1.21. The molecule has 3 heterocycles. The van der Waals surface area contributed by atoms with E-state index >= 15 is 0 Å². The zero-order valence-electron chi connectivity index (χ0n) is 19.0. The maximum Gasteiger partial charge on any atom is 0.291 e. The summed E-state index contributed by atoms with van der Waals surface area (Å²) in [6, 6.07) is 31.4. The van der Waals surface area contributed by atoms with Crippen LogP contribution in [-0.4, -0.2) is 20.5 Å². The summed E-state index contributed by atoms with van der Waals surface area (Å²) in [6.07, 6.45) is 0. The second-order valence-corrected chi connectivity index (χ2v) is 9.64. The first-order valence-electron chi connectivity index (χ1n) is 11.6. The first-order chi connectivity index (χ1) is 17.7. The number of fused-ring (bicyclic) bond motifs is 3. The molecule has 0 unspecified atom stereocenters. The molecule has 1 aliphatic heterocycles. The zero-order chi connectivity index (χ0) is 24.2. The van der Waals surface area contributed by atoms with E-state index in [1.807, 2.05) is 97.1 Å². The number of hydrogen-bond donors (Lipinski definition) is 0. The Morgan fingerprint density at radius 2 is 1.47 bits per heavy atom. The molecule has 0 saturated heterocycles. The Hall–Kier alpha value is -4.62. The first-order valence-corrected chi connectivity index (χ1v) is 12.4. The van der Waals surface area contributed by atoms with Gasteiger partial charge < -0.3 is 4.90 Å². The molecule has 2 aromatic heterocycles. The van der Waals surface area contributed by atoms with Crippen LogP contribution < -0.4 is 15.0 Å². The van der Waals surface area contributed by atoms with Crippen molar-refractivity contribution in [3.05, 3.63) is 123 Å². The number of thiazole rings is 1. The van der Waals surface area contributed by atoms with Crippen LogP contribution in [0.25, 0.3) is 32.7 Å². The van der Waals surface area contributed by atoms with Gasteiger partial charge in [-0.3, -0.25) is 9.59 Å². The summed E-state index contributed by atoms with van der Waals surface area (Å²) in [5.41, 5.74) is 3.54. The summed E-state index contributed by atoms with van der Waals surface area (Å²) < 4.78 is 1.68. The van der Waals surface area contributed by atoms with Gasteiger partial charge in [-0.25, -0.2) is 0 Å². The topological polar surface area (TPSA) is 67.6 Å². The molecule has 0 aliphatic carbocycles. The largest absolute Gasteiger partial charge is 0.303 e. The van der Waals surface area contributed by atoms with Crippen molar-refractivity contribution < 1.29 is 4.79 Å². The van der Waals surface area contributed by atoms with E-state index in [2.05, 4.69) is 10.1 Å². The Morgan fingerprint density at radius 1 is 0.750 bits per heavy atom. The van der Waals surface area contributed by atoms with E-state index in [0.717, 1.165) is 33.2 Å². The van der Waals surface area contributed by atoms with Crippen molar-refractivity contribution in [3.63, 3.8) is 0 Å². The van der Waals surface area contributed by atoms with E-state index in [4.69, 9.17) is 0 Å². The number of anilines is 1. The minimum Gasteiger partial charge on any atom is -0.303 e. The molecule has 6 nitrogen and oxygen atoms in total. The number of carbonyl (C=O) groups excluding carboxylic acids is 1. The molecular formula is C29H18N4O2S. The van der Waals surface area contributed by atoms with Gasteiger partial charge >= 0.3 is 0 Å². The Balaban J connectivity index is 1.39. The number of benzene rings is 4. The van der Waals surface area contributed by atoms with Gasteiger partial charge in [0.05, 0.1) is 17.8 Å². The highest BCUT2D eigenvalue weighted by molar-refractivity contribution is 7.15. The molecule has 4 aromatic carbocycles. The van der Waals surface area contributed by atoms with Crippen LogP contribution in [0.5, 0.6) is 0 Å². The Labute approximate surface area is 209 Å². The highest BCUT2D eigenvalue weighted by atomic mass is 32.1. The molecule has 172 valence electrons. The lowest BCUT2D eigenvalue weighted by Gasteiger charge is -2.17. The smallest absolute Gasteiger partial charge is 0.291 e. The third-order valence-corrected chi connectivity index (χ3v) is 7.55. The maximum atomic E-state index is 13.7. The fourth-order valence-electron chi connectivity index (χ4n) is 4.84. The van der Waals surface area contributed by atoms with E-state index < -0.39 is 0 Å². The molecular weight excluding hydrogens is 468 g/mol. The van der Waals surface area contributed by atoms with Gasteiger partial charge in [0.15, 0.2) is 5.82 Å². The lowest BCUT2D eigenvalue weighted by molar-refractivity contribution is -0.113. The zero-order valence-corrected chi connectivity index (χ0v) is 19.8. The SMILES string of the molecule is O=C1C(=c2sc3nc(-c4cccc5ccccc45)nn3c2=O)c2ccccc2N1Cc1ccccc1. The van der Waals surface area contributed by atoms with Gasteiger partial charge in [0.1, 0.15) is 4.53 Å². The summed E-state index contributed by atoms with van der Waals surface area (Å²) in [6.45, 7) is 0.431. The highest BCUT2D eigenvalue weighted by Gasteiger charge is 2.34. The highest BCUT2D eigenvalue weighted by Crippen LogP contribution is 2.36. The molecule has 7 rings (SSSR count). The molecule has 1 amide bonds. The Kier molecular flexibility index (Phi) is 4.59. The average Bonchev–Trinajstić information content (AvgIpc) is 3.55. The van der Waals surface area contributed by atoms with Gasteiger partial charge in [-0.2, -0.15) is 9.50 Å². The Bertz CT molecular complexity index is 1920. The Morgan fingerprint density at radius 3 is 2.33 bits per heavy atom. The van der Waals surface area contributed by atoms with Crippen LogP contribution >= 0.6 is 11.3 Å². The van der Waals surface area contributed by atoms with Crippen LogP contribution in [0, 0.1) is 0 Å². The predicted octanol–water partition coefficient (Wildman–Crippen LogP) is 4.44. The van der Waals surface area contributed by atoms with Crippen molar-refractivity contribution in [1.82, 2.24) is 14.6 Å². The number of rotatable bonds is 3. The third-order valence-electron chi connectivity index (χ3n) is 6.52. The average molecular weight is 487 g/mol. The molecule has 1 aliphatic rings. The predicted molar refractivity (Wildman–Crippen MR) is 142 cm³/mol. The molecule has 0 fully saturated rings. The van der Waals surface area contributed by atoms with Crippen LogP contribution in [0.4, 0.5) is 5.69 Å². The first kappa shape index (κ1) is 20.7. The van der Waals surface area contributed by atoms with Gasteiger partial charge in [0, 0.05) is 11.1 Å². The molecule has 0 bridgehead atoms. The fraction of sp³-hybridized carbons (Fsp3) is 0.0345.